The topological polar surface area (TPSA) is 73.8 Å². The van der Waals surface area contributed by atoms with Crippen LogP contribution in [0.4, 0.5) is 36.8 Å². The Morgan fingerprint density at radius 3 is 2.05 bits per heavy atom. The quantitative estimate of drug-likeness (QED) is 0.261. The van der Waals surface area contributed by atoms with Gasteiger partial charge in [-0.3, -0.25) is 4.90 Å². The Labute approximate surface area is 223 Å². The lowest BCUT2D eigenvalue weighted by Gasteiger charge is -2.33. The smallest absolute Gasteiger partial charge is 0.380 e. The summed E-state index contributed by atoms with van der Waals surface area (Å²) in [6.07, 6.45) is -9.16. The second kappa shape index (κ2) is 13.0. The molecule has 39 heavy (non-hydrogen) atoms. The summed E-state index contributed by atoms with van der Waals surface area (Å²) in [4.78, 5) is 14.0. The molecule has 1 saturated heterocycles. The minimum absolute atomic E-state index is 0.305. The highest BCUT2D eigenvalue weighted by molar-refractivity contribution is 5.89. The number of carbonyl (C=O) groups excluding carboxylic acids is 1. The average Bonchev–Trinajstić information content (AvgIpc) is 2.87. The van der Waals surface area contributed by atoms with E-state index in [2.05, 4.69) is 15.5 Å². The van der Waals surface area contributed by atoms with Gasteiger partial charge in [0, 0.05) is 30.9 Å². The van der Waals surface area contributed by atoms with Crippen LogP contribution >= 0.6 is 0 Å². The summed E-state index contributed by atoms with van der Waals surface area (Å²) < 4.78 is 83.7. The maximum absolute atomic E-state index is 13.1. The lowest BCUT2D eigenvalue weighted by molar-refractivity contribution is -0.376. The van der Waals surface area contributed by atoms with Gasteiger partial charge in [0.15, 0.2) is 0 Å². The number of hydrogen-bond acceptors (Lipinski definition) is 4. The molecule has 1 fully saturated rings. The maximum Gasteiger partial charge on any atom is 0.430 e. The Hall–Kier alpha value is -2.83. The van der Waals surface area contributed by atoms with Crippen LogP contribution in [0, 0.1) is 5.92 Å². The molecule has 2 amide bonds. The van der Waals surface area contributed by atoms with Gasteiger partial charge in [-0.15, -0.1) is 0 Å². The van der Waals surface area contributed by atoms with Crippen LogP contribution in [0.5, 0.6) is 0 Å². The number of likely N-dealkylation sites (tertiary alicyclic amines) is 1. The summed E-state index contributed by atoms with van der Waals surface area (Å²) in [5.74, 6) is 0.429. The summed E-state index contributed by atoms with van der Waals surface area (Å²) in [5, 5.41) is 15.0. The third kappa shape index (κ3) is 8.09. The number of halogens is 6. The van der Waals surface area contributed by atoms with Crippen LogP contribution in [-0.2, 0) is 23.3 Å². The van der Waals surface area contributed by atoms with Gasteiger partial charge in [0.2, 0.25) is 0 Å². The molecule has 3 N–H and O–H groups in total. The van der Waals surface area contributed by atoms with E-state index in [4.69, 9.17) is 4.74 Å². The molecule has 12 heteroatoms. The lowest BCUT2D eigenvalue weighted by Crippen LogP contribution is -2.53. The van der Waals surface area contributed by atoms with Gasteiger partial charge in [-0.2, -0.15) is 26.3 Å². The van der Waals surface area contributed by atoms with Crippen molar-refractivity contribution in [3.8, 4) is 0 Å². The van der Waals surface area contributed by atoms with E-state index in [9.17, 15) is 36.2 Å². The minimum Gasteiger partial charge on any atom is -0.380 e. The largest absolute Gasteiger partial charge is 0.430 e. The van der Waals surface area contributed by atoms with E-state index in [0.717, 1.165) is 37.9 Å². The highest BCUT2D eigenvalue weighted by atomic mass is 19.4. The van der Waals surface area contributed by atoms with Gasteiger partial charge in [-0.05, 0) is 68.5 Å². The highest BCUT2D eigenvalue weighted by Crippen LogP contribution is 2.50. The maximum atomic E-state index is 13.1. The Balaban J connectivity index is 1.46. The van der Waals surface area contributed by atoms with E-state index in [-0.39, 0.29) is 6.03 Å². The molecule has 1 heterocycles. The van der Waals surface area contributed by atoms with Gasteiger partial charge in [-0.25, -0.2) is 4.79 Å². The molecule has 0 aromatic heterocycles. The second-order valence-electron chi connectivity index (χ2n) is 9.60. The first kappa shape index (κ1) is 30.7. The molecule has 1 aliphatic heterocycles. The van der Waals surface area contributed by atoms with Crippen molar-refractivity contribution >= 4 is 11.7 Å². The predicted octanol–water partition coefficient (Wildman–Crippen LogP) is 5.61. The van der Waals surface area contributed by atoms with E-state index in [0.29, 0.717) is 55.6 Å². The fourth-order valence-electron chi connectivity index (χ4n) is 4.56. The second-order valence-corrected chi connectivity index (χ2v) is 9.60. The summed E-state index contributed by atoms with van der Waals surface area (Å²) in [6.45, 7) is 5.20. The first-order valence-corrected chi connectivity index (χ1v) is 12.7. The van der Waals surface area contributed by atoms with Crippen LogP contribution in [0.25, 0.3) is 0 Å². The molecule has 0 radical (unpaired) electrons. The summed E-state index contributed by atoms with van der Waals surface area (Å²) >= 11 is 0. The van der Waals surface area contributed by atoms with Crippen molar-refractivity contribution in [3.63, 3.8) is 0 Å². The van der Waals surface area contributed by atoms with Crippen molar-refractivity contribution in [2.75, 3.05) is 38.2 Å². The predicted molar refractivity (Wildman–Crippen MR) is 134 cm³/mol. The number of urea groups is 1. The number of hydrogen-bond donors (Lipinski definition) is 3. The molecule has 0 aliphatic carbocycles. The van der Waals surface area contributed by atoms with E-state index in [1.807, 2.05) is 31.2 Å². The number of alkyl halides is 6. The van der Waals surface area contributed by atoms with Crippen LogP contribution in [0.2, 0.25) is 0 Å². The van der Waals surface area contributed by atoms with Crippen molar-refractivity contribution < 1.29 is 41.0 Å². The van der Waals surface area contributed by atoms with E-state index in [1.165, 1.54) is 12.1 Å². The van der Waals surface area contributed by atoms with Crippen LogP contribution in [0.1, 0.15) is 36.5 Å². The van der Waals surface area contributed by atoms with Gasteiger partial charge >= 0.3 is 18.4 Å². The van der Waals surface area contributed by atoms with Gasteiger partial charge in [-0.1, -0.05) is 36.4 Å². The zero-order valence-electron chi connectivity index (χ0n) is 21.5. The van der Waals surface area contributed by atoms with Crippen LogP contribution in [0.3, 0.4) is 0 Å². The molecular weight excluding hydrogens is 528 g/mol. The molecule has 6 nitrogen and oxygen atoms in total. The molecule has 216 valence electrons. The first-order valence-electron chi connectivity index (χ1n) is 12.7. The Bertz CT molecular complexity index is 1040. The fourth-order valence-corrected chi connectivity index (χ4v) is 4.56. The first-order chi connectivity index (χ1) is 18.3. The normalized spacial score (nSPS) is 15.8. The number of nitrogens with zero attached hydrogens (tertiary/aromatic N) is 1. The van der Waals surface area contributed by atoms with Crippen LogP contribution in [-0.4, -0.2) is 61.2 Å². The zero-order valence-corrected chi connectivity index (χ0v) is 21.5. The number of carbonyl (C=O) groups is 1. The molecule has 2 aromatic rings. The van der Waals surface area contributed by atoms with Crippen molar-refractivity contribution in [1.82, 2.24) is 10.2 Å². The number of nitrogens with one attached hydrogen (secondary N) is 2. The number of piperidine rings is 1. The monoisotopic (exact) mass is 561 g/mol. The van der Waals surface area contributed by atoms with Gasteiger partial charge < -0.3 is 20.5 Å². The molecule has 2 aromatic carbocycles. The van der Waals surface area contributed by atoms with Gasteiger partial charge in [0.05, 0.1) is 6.61 Å². The fraction of sp³-hybridized carbons (Fsp3) is 0.519. The molecule has 0 atom stereocenters. The summed E-state index contributed by atoms with van der Waals surface area (Å²) in [7, 11) is 0. The van der Waals surface area contributed by atoms with Crippen LogP contribution in [0.15, 0.2) is 48.5 Å². The van der Waals surface area contributed by atoms with E-state index in [1.54, 1.807) is 0 Å². The Kier molecular flexibility index (Phi) is 10.2. The van der Waals surface area contributed by atoms with Crippen molar-refractivity contribution in [1.29, 1.82) is 0 Å². The molecule has 1 aliphatic rings. The van der Waals surface area contributed by atoms with Crippen LogP contribution < -0.4 is 10.6 Å². The summed E-state index contributed by atoms with van der Waals surface area (Å²) in [5.41, 5.74) is -3.80. The average molecular weight is 562 g/mol. The van der Waals surface area contributed by atoms with Crippen molar-refractivity contribution in [2.24, 2.45) is 5.92 Å². The van der Waals surface area contributed by atoms with Gasteiger partial charge in [0.25, 0.3) is 5.60 Å². The Morgan fingerprint density at radius 1 is 0.949 bits per heavy atom. The molecule has 0 spiro atoms. The summed E-state index contributed by atoms with van der Waals surface area (Å²) in [6, 6.07) is 11.1. The molecule has 0 unspecified atom stereocenters. The molecular formula is C27H33F6N3O3. The third-order valence-electron chi connectivity index (χ3n) is 6.78. The lowest BCUT2D eigenvalue weighted by atomic mass is 9.89. The van der Waals surface area contributed by atoms with E-state index < -0.39 is 23.5 Å². The molecule has 0 saturated carbocycles. The number of amides is 2. The number of aliphatic hydroxyl groups is 1. The highest BCUT2D eigenvalue weighted by Gasteiger charge is 2.71. The third-order valence-corrected chi connectivity index (χ3v) is 6.78. The Morgan fingerprint density at radius 2 is 1.51 bits per heavy atom. The number of benzene rings is 2. The van der Waals surface area contributed by atoms with Crippen molar-refractivity contribution in [3.05, 3.63) is 65.2 Å². The van der Waals surface area contributed by atoms with Gasteiger partial charge in [0.1, 0.15) is 0 Å². The number of rotatable bonds is 10. The minimum atomic E-state index is -5.90. The zero-order chi connectivity index (χ0) is 28.7. The van der Waals surface area contributed by atoms with E-state index >= 15 is 0 Å². The SMILES string of the molecule is CCOCCNC(=O)Nc1ccc(CC2CCN(Cc3ccc(C(O)(C(F)(F)F)C(F)(F)F)cc3)CC2)cc1. The molecule has 3 rings (SSSR count). The number of anilines is 1. The molecule has 0 bridgehead atoms. The van der Waals surface area contributed by atoms with Crippen molar-refractivity contribution in [2.45, 2.75) is 50.7 Å². The standard InChI is InChI=1S/C27H33F6N3O3/c1-2-39-16-13-34-24(37)35-23-9-5-19(6-10-23)17-20-11-14-36(15-12-20)18-21-3-7-22(8-4-21)25(38,26(28,29)30)27(31,32)33/h3-10,20,38H,2,11-18H2,1H3,(H2,34,35,37). The number of ether oxygens (including phenoxy) is 1.